The first-order valence-electron chi connectivity index (χ1n) is 4.56. The Morgan fingerprint density at radius 2 is 2.12 bits per heavy atom. The maximum atomic E-state index is 13.1. The highest BCUT2D eigenvalue weighted by atomic mass is 35.5. The Hall–Kier alpha value is -1.43. The first-order chi connectivity index (χ1) is 7.86. The van der Waals surface area contributed by atoms with E-state index in [-0.39, 0.29) is 11.6 Å². The van der Waals surface area contributed by atoms with Crippen LogP contribution in [-0.2, 0) is 9.53 Å². The van der Waals surface area contributed by atoms with Crippen LogP contribution in [0.15, 0.2) is 18.2 Å². The molecule has 0 amide bonds. The van der Waals surface area contributed by atoms with Gasteiger partial charge in [-0.25, -0.2) is 9.18 Å². The van der Waals surface area contributed by atoms with E-state index in [1.807, 2.05) is 0 Å². The van der Waals surface area contributed by atoms with Crippen LogP contribution >= 0.6 is 11.6 Å². The van der Waals surface area contributed by atoms with E-state index >= 15 is 0 Å². The fraction of sp³-hybridized carbons (Fsp3) is 0.300. The highest BCUT2D eigenvalue weighted by molar-refractivity contribution is 6.30. The van der Waals surface area contributed by atoms with Crippen LogP contribution in [0.1, 0.15) is 6.92 Å². The number of carbonyl (C=O) groups is 1. The van der Waals surface area contributed by atoms with Gasteiger partial charge in [-0.05, 0) is 19.1 Å². The molecule has 0 saturated carbocycles. The summed E-state index contributed by atoms with van der Waals surface area (Å²) in [6.45, 7) is 1.17. The molecule has 7 heteroatoms. The second-order valence-corrected chi connectivity index (χ2v) is 3.32. The number of hydrogen-bond acceptors (Lipinski definition) is 3. The second kappa shape index (κ2) is 5.27. The minimum Gasteiger partial charge on any atom is -0.459 e. The lowest BCUT2D eigenvalue weighted by Crippen LogP contribution is -2.36. The van der Waals surface area contributed by atoms with Crippen LogP contribution in [0.25, 0.3) is 0 Å². The van der Waals surface area contributed by atoms with Crippen molar-refractivity contribution in [1.82, 2.24) is 0 Å². The molecule has 0 aromatic heterocycles. The molecular weight excluding hydrogens is 261 g/mol. The van der Waals surface area contributed by atoms with E-state index < -0.39 is 23.6 Å². The number of ether oxygens (including phenoxy) is 2. The molecule has 0 spiro atoms. The molecule has 1 rings (SSSR count). The summed E-state index contributed by atoms with van der Waals surface area (Å²) in [5, 5.41) is -0.387. The smallest absolute Gasteiger partial charge is 0.459 e. The molecule has 0 bridgehead atoms. The molecule has 1 aromatic carbocycles. The quantitative estimate of drug-likeness (QED) is 0.788. The summed E-state index contributed by atoms with van der Waals surface area (Å²) in [5.74, 6) is -3.03. The van der Waals surface area contributed by atoms with Gasteiger partial charge in [0.05, 0.1) is 11.6 Å². The van der Waals surface area contributed by atoms with Crippen molar-refractivity contribution in [2.45, 2.75) is 13.0 Å². The Morgan fingerprint density at radius 3 is 2.65 bits per heavy atom. The summed E-state index contributed by atoms with van der Waals surface area (Å²) in [6, 6.07) is 2.61. The molecular formula is C10H8ClF3O3. The number of rotatable bonds is 4. The fourth-order valence-electron chi connectivity index (χ4n) is 0.945. The van der Waals surface area contributed by atoms with Gasteiger partial charge in [0.25, 0.3) is 0 Å². The van der Waals surface area contributed by atoms with Gasteiger partial charge >= 0.3 is 12.1 Å². The average molecular weight is 269 g/mol. The van der Waals surface area contributed by atoms with Gasteiger partial charge < -0.3 is 9.47 Å². The van der Waals surface area contributed by atoms with E-state index in [1.165, 1.54) is 6.92 Å². The molecule has 0 heterocycles. The molecule has 94 valence electrons. The van der Waals surface area contributed by atoms with Crippen LogP contribution in [0.5, 0.6) is 5.75 Å². The third-order valence-corrected chi connectivity index (χ3v) is 1.94. The topological polar surface area (TPSA) is 35.5 Å². The van der Waals surface area contributed by atoms with Crippen LogP contribution in [0.2, 0.25) is 5.02 Å². The van der Waals surface area contributed by atoms with Crippen molar-refractivity contribution in [2.24, 2.45) is 0 Å². The summed E-state index contributed by atoms with van der Waals surface area (Å²) < 4.78 is 47.1. The Morgan fingerprint density at radius 1 is 1.47 bits per heavy atom. The first-order valence-corrected chi connectivity index (χ1v) is 4.93. The van der Waals surface area contributed by atoms with E-state index in [4.69, 9.17) is 11.6 Å². The van der Waals surface area contributed by atoms with E-state index in [9.17, 15) is 18.0 Å². The molecule has 0 aliphatic heterocycles. The van der Waals surface area contributed by atoms with Crippen LogP contribution in [0, 0.1) is 5.82 Å². The van der Waals surface area contributed by atoms with Crippen LogP contribution in [0.4, 0.5) is 13.2 Å². The SMILES string of the molecule is CCOC(=O)C(F)(F)Oc1ccc(F)c(Cl)c1. The second-order valence-electron chi connectivity index (χ2n) is 2.92. The van der Waals surface area contributed by atoms with Gasteiger partial charge in [0, 0.05) is 6.07 Å². The lowest BCUT2D eigenvalue weighted by Gasteiger charge is -2.15. The van der Waals surface area contributed by atoms with Gasteiger partial charge in [-0.2, -0.15) is 8.78 Å². The average Bonchev–Trinajstić information content (AvgIpc) is 2.23. The van der Waals surface area contributed by atoms with Crippen LogP contribution < -0.4 is 4.74 Å². The van der Waals surface area contributed by atoms with E-state index in [0.717, 1.165) is 18.2 Å². The van der Waals surface area contributed by atoms with Crippen molar-refractivity contribution in [3.8, 4) is 5.75 Å². The van der Waals surface area contributed by atoms with Gasteiger partial charge in [-0.15, -0.1) is 0 Å². The maximum Gasteiger partial charge on any atom is 0.502 e. The van der Waals surface area contributed by atoms with E-state index in [0.29, 0.717) is 0 Å². The molecule has 1 aromatic rings. The molecule has 17 heavy (non-hydrogen) atoms. The normalized spacial score (nSPS) is 11.1. The highest BCUT2D eigenvalue weighted by Crippen LogP contribution is 2.26. The van der Waals surface area contributed by atoms with Gasteiger partial charge in [-0.3, -0.25) is 0 Å². The lowest BCUT2D eigenvalue weighted by atomic mass is 10.3. The zero-order chi connectivity index (χ0) is 13.1. The van der Waals surface area contributed by atoms with Gasteiger partial charge in [0.1, 0.15) is 11.6 Å². The summed E-state index contributed by atoms with van der Waals surface area (Å²) in [5.41, 5.74) is 0. The number of hydrogen-bond donors (Lipinski definition) is 0. The van der Waals surface area contributed by atoms with E-state index in [1.54, 1.807) is 0 Å². The largest absolute Gasteiger partial charge is 0.502 e. The molecule has 3 nitrogen and oxygen atoms in total. The van der Waals surface area contributed by atoms with Gasteiger partial charge in [0.2, 0.25) is 0 Å². The zero-order valence-electron chi connectivity index (χ0n) is 8.68. The Bertz CT molecular complexity index is 423. The summed E-state index contributed by atoms with van der Waals surface area (Å²) >= 11 is 5.37. The first kappa shape index (κ1) is 13.6. The van der Waals surface area contributed by atoms with Crippen molar-refractivity contribution in [3.05, 3.63) is 29.0 Å². The van der Waals surface area contributed by atoms with E-state index in [2.05, 4.69) is 9.47 Å². The molecule has 0 unspecified atom stereocenters. The molecule has 0 fully saturated rings. The minimum absolute atomic E-state index is 0.206. The predicted octanol–water partition coefficient (Wildman–Crippen LogP) is 3.01. The van der Waals surface area contributed by atoms with Crippen LogP contribution in [0.3, 0.4) is 0 Å². The third kappa shape index (κ3) is 3.52. The Labute approximate surface area is 100 Å². The highest BCUT2D eigenvalue weighted by Gasteiger charge is 2.44. The Kier molecular flexibility index (Phi) is 4.22. The number of halogens is 4. The van der Waals surface area contributed by atoms with Crippen molar-refractivity contribution in [3.63, 3.8) is 0 Å². The van der Waals surface area contributed by atoms with Crippen molar-refractivity contribution in [2.75, 3.05) is 6.61 Å². The van der Waals surface area contributed by atoms with Gasteiger partial charge in [0.15, 0.2) is 0 Å². The number of benzene rings is 1. The summed E-state index contributed by atoms with van der Waals surface area (Å²) in [7, 11) is 0. The van der Waals surface area contributed by atoms with Crippen molar-refractivity contribution < 1.29 is 27.4 Å². The van der Waals surface area contributed by atoms with Crippen molar-refractivity contribution in [1.29, 1.82) is 0 Å². The standard InChI is InChI=1S/C10H8ClF3O3/c1-2-16-9(15)10(13,14)17-6-3-4-8(12)7(11)5-6/h3-5H,2H2,1H3. The number of carbonyl (C=O) groups excluding carboxylic acids is 1. The minimum atomic E-state index is -4.14. The molecule has 0 atom stereocenters. The molecule has 0 aliphatic rings. The molecule has 0 aliphatic carbocycles. The number of alkyl halides is 2. The summed E-state index contributed by atoms with van der Waals surface area (Å²) in [6.07, 6.45) is -4.14. The Balaban J connectivity index is 2.82. The number of esters is 1. The maximum absolute atomic E-state index is 13.1. The molecule has 0 saturated heterocycles. The summed E-state index contributed by atoms with van der Waals surface area (Å²) in [4.78, 5) is 10.8. The third-order valence-electron chi connectivity index (χ3n) is 1.65. The van der Waals surface area contributed by atoms with Crippen LogP contribution in [-0.4, -0.2) is 18.7 Å². The van der Waals surface area contributed by atoms with Gasteiger partial charge in [-0.1, -0.05) is 11.6 Å². The monoisotopic (exact) mass is 268 g/mol. The lowest BCUT2D eigenvalue weighted by molar-refractivity contribution is -0.216. The fourth-order valence-corrected chi connectivity index (χ4v) is 1.12. The molecule has 0 N–H and O–H groups in total. The predicted molar refractivity (Wildman–Crippen MR) is 53.6 cm³/mol. The molecule has 0 radical (unpaired) electrons. The van der Waals surface area contributed by atoms with Crippen molar-refractivity contribution >= 4 is 17.6 Å². The zero-order valence-corrected chi connectivity index (χ0v) is 9.43.